The SMILES string of the molecule is COc1ccc(Cn2c(SCc3nc(-c4ccc(OC)cc4OC)no3)nc3ccccc3c2=O)cc1. The molecule has 0 atom stereocenters. The summed E-state index contributed by atoms with van der Waals surface area (Å²) in [5.41, 5.74) is 2.16. The van der Waals surface area contributed by atoms with Gasteiger partial charge in [0.05, 0.1) is 50.1 Å². The highest BCUT2D eigenvalue weighted by molar-refractivity contribution is 7.98. The standard InChI is InChI=1S/C27H24N4O5S/c1-33-18-10-8-17(9-11-18)15-31-26(32)20-6-4-5-7-22(20)28-27(31)37-16-24-29-25(30-36-24)21-13-12-19(34-2)14-23(21)35-3/h4-14H,15-16H2,1-3H3. The maximum absolute atomic E-state index is 13.4. The molecule has 0 spiro atoms. The molecular weight excluding hydrogens is 492 g/mol. The van der Waals surface area contributed by atoms with Gasteiger partial charge in [-0.3, -0.25) is 9.36 Å². The highest BCUT2D eigenvalue weighted by Crippen LogP contribution is 2.32. The highest BCUT2D eigenvalue weighted by atomic mass is 32.2. The van der Waals surface area contributed by atoms with Gasteiger partial charge in [0, 0.05) is 6.07 Å². The van der Waals surface area contributed by atoms with Crippen molar-refractivity contribution in [3.8, 4) is 28.6 Å². The van der Waals surface area contributed by atoms with Gasteiger partial charge in [-0.05, 0) is 42.0 Å². The zero-order valence-corrected chi connectivity index (χ0v) is 21.3. The quantitative estimate of drug-likeness (QED) is 0.202. The summed E-state index contributed by atoms with van der Waals surface area (Å²) in [6.07, 6.45) is 0. The predicted octanol–water partition coefficient (Wildman–Crippen LogP) is 4.81. The number of benzene rings is 3. The lowest BCUT2D eigenvalue weighted by molar-refractivity contribution is 0.388. The smallest absolute Gasteiger partial charge is 0.262 e. The molecule has 2 heterocycles. The molecule has 0 fully saturated rings. The number of aromatic nitrogens is 4. The van der Waals surface area contributed by atoms with E-state index in [0.717, 1.165) is 11.3 Å². The largest absolute Gasteiger partial charge is 0.497 e. The average Bonchev–Trinajstić information content (AvgIpc) is 3.42. The van der Waals surface area contributed by atoms with Crippen molar-refractivity contribution >= 4 is 22.7 Å². The fourth-order valence-electron chi connectivity index (χ4n) is 3.84. The van der Waals surface area contributed by atoms with Gasteiger partial charge >= 0.3 is 0 Å². The number of hydrogen-bond donors (Lipinski definition) is 0. The first-order valence-corrected chi connectivity index (χ1v) is 12.4. The Morgan fingerprint density at radius 1 is 0.892 bits per heavy atom. The first-order chi connectivity index (χ1) is 18.1. The Bertz CT molecular complexity index is 1600. The molecule has 10 heteroatoms. The summed E-state index contributed by atoms with van der Waals surface area (Å²) in [4.78, 5) is 22.7. The highest BCUT2D eigenvalue weighted by Gasteiger charge is 2.17. The molecule has 5 rings (SSSR count). The Labute approximate surface area is 217 Å². The minimum absolute atomic E-state index is 0.113. The van der Waals surface area contributed by atoms with Gasteiger partial charge in [0.15, 0.2) is 5.16 Å². The van der Waals surface area contributed by atoms with Gasteiger partial charge in [0.25, 0.3) is 5.56 Å². The molecule has 188 valence electrons. The molecule has 0 radical (unpaired) electrons. The molecule has 0 aliphatic rings. The van der Waals surface area contributed by atoms with Crippen LogP contribution in [0.5, 0.6) is 17.2 Å². The van der Waals surface area contributed by atoms with Crippen LogP contribution in [0, 0.1) is 0 Å². The summed E-state index contributed by atoms with van der Waals surface area (Å²) in [7, 11) is 4.78. The van der Waals surface area contributed by atoms with Crippen LogP contribution in [-0.4, -0.2) is 41.0 Å². The molecule has 3 aromatic carbocycles. The Kier molecular flexibility index (Phi) is 7.09. The van der Waals surface area contributed by atoms with Crippen LogP contribution in [0.4, 0.5) is 0 Å². The van der Waals surface area contributed by atoms with Gasteiger partial charge in [-0.2, -0.15) is 4.98 Å². The van der Waals surface area contributed by atoms with Crippen LogP contribution in [0.15, 0.2) is 81.2 Å². The van der Waals surface area contributed by atoms with E-state index in [1.165, 1.54) is 11.8 Å². The zero-order chi connectivity index (χ0) is 25.8. The minimum atomic E-state index is -0.113. The van der Waals surface area contributed by atoms with Gasteiger partial charge in [0.1, 0.15) is 17.2 Å². The number of rotatable bonds is 9. The Hall–Kier alpha value is -4.31. The van der Waals surface area contributed by atoms with E-state index >= 15 is 0 Å². The van der Waals surface area contributed by atoms with Gasteiger partial charge in [-0.15, -0.1) is 0 Å². The average molecular weight is 517 g/mol. The Morgan fingerprint density at radius 3 is 2.41 bits per heavy atom. The third-order valence-electron chi connectivity index (χ3n) is 5.77. The van der Waals surface area contributed by atoms with Gasteiger partial charge in [-0.25, -0.2) is 4.98 Å². The lowest BCUT2D eigenvalue weighted by Crippen LogP contribution is -2.24. The van der Waals surface area contributed by atoms with Crippen molar-refractivity contribution in [2.45, 2.75) is 17.5 Å². The van der Waals surface area contributed by atoms with Crippen LogP contribution in [0.25, 0.3) is 22.3 Å². The third kappa shape index (κ3) is 5.14. The summed E-state index contributed by atoms with van der Waals surface area (Å²) < 4.78 is 23.1. The number of thioether (sulfide) groups is 1. The van der Waals surface area contributed by atoms with E-state index in [1.807, 2.05) is 48.5 Å². The van der Waals surface area contributed by atoms with Crippen LogP contribution in [0.2, 0.25) is 0 Å². The van der Waals surface area contributed by atoms with Crippen LogP contribution in [-0.2, 0) is 12.3 Å². The van der Waals surface area contributed by atoms with Gasteiger partial charge < -0.3 is 18.7 Å². The lowest BCUT2D eigenvalue weighted by atomic mass is 10.2. The fourth-order valence-corrected chi connectivity index (χ4v) is 4.68. The second kappa shape index (κ2) is 10.8. The van der Waals surface area contributed by atoms with E-state index in [9.17, 15) is 4.79 Å². The normalized spacial score (nSPS) is 11.0. The first-order valence-electron chi connectivity index (χ1n) is 11.4. The van der Waals surface area contributed by atoms with E-state index in [0.29, 0.717) is 57.1 Å². The van der Waals surface area contributed by atoms with Crippen LogP contribution >= 0.6 is 11.8 Å². The maximum Gasteiger partial charge on any atom is 0.262 e. The van der Waals surface area contributed by atoms with Crippen molar-refractivity contribution in [3.63, 3.8) is 0 Å². The Morgan fingerprint density at radius 2 is 1.65 bits per heavy atom. The number of methoxy groups -OCH3 is 3. The summed E-state index contributed by atoms with van der Waals surface area (Å²) in [5, 5.41) is 5.23. The number of ether oxygens (including phenoxy) is 3. The van der Waals surface area contributed by atoms with E-state index in [2.05, 4.69) is 10.1 Å². The number of hydrogen-bond acceptors (Lipinski definition) is 9. The van der Waals surface area contributed by atoms with E-state index in [-0.39, 0.29) is 5.56 Å². The predicted molar refractivity (Wildman–Crippen MR) is 140 cm³/mol. The van der Waals surface area contributed by atoms with Gasteiger partial charge in [0.2, 0.25) is 11.7 Å². The van der Waals surface area contributed by atoms with Crippen molar-refractivity contribution in [1.82, 2.24) is 19.7 Å². The maximum atomic E-state index is 13.4. The minimum Gasteiger partial charge on any atom is -0.497 e. The van der Waals surface area contributed by atoms with Crippen LogP contribution < -0.4 is 19.8 Å². The van der Waals surface area contributed by atoms with Crippen molar-refractivity contribution in [3.05, 3.63) is 88.5 Å². The number of nitrogens with zero attached hydrogens (tertiary/aromatic N) is 4. The molecule has 0 N–H and O–H groups in total. The molecule has 0 aliphatic heterocycles. The molecule has 37 heavy (non-hydrogen) atoms. The number of para-hydroxylation sites is 1. The van der Waals surface area contributed by atoms with E-state index in [4.69, 9.17) is 23.7 Å². The third-order valence-corrected chi connectivity index (χ3v) is 6.73. The molecule has 0 bridgehead atoms. The molecule has 2 aromatic heterocycles. The topological polar surface area (TPSA) is 102 Å². The van der Waals surface area contributed by atoms with Crippen molar-refractivity contribution < 1.29 is 18.7 Å². The van der Waals surface area contributed by atoms with Crippen molar-refractivity contribution in [2.24, 2.45) is 0 Å². The summed E-state index contributed by atoms with van der Waals surface area (Å²) in [6, 6.07) is 20.3. The van der Waals surface area contributed by atoms with Gasteiger partial charge in [-0.1, -0.05) is 41.2 Å². The molecule has 0 unspecified atom stereocenters. The molecular formula is C27H24N4O5S. The molecule has 5 aromatic rings. The zero-order valence-electron chi connectivity index (χ0n) is 20.5. The fraction of sp³-hybridized carbons (Fsp3) is 0.185. The van der Waals surface area contributed by atoms with E-state index < -0.39 is 0 Å². The lowest BCUT2D eigenvalue weighted by Gasteiger charge is -2.13. The molecule has 9 nitrogen and oxygen atoms in total. The monoisotopic (exact) mass is 516 g/mol. The van der Waals surface area contributed by atoms with Crippen molar-refractivity contribution in [2.75, 3.05) is 21.3 Å². The molecule has 0 saturated heterocycles. The second-order valence-corrected chi connectivity index (χ2v) is 8.96. The van der Waals surface area contributed by atoms with Crippen LogP contribution in [0.3, 0.4) is 0 Å². The summed E-state index contributed by atoms with van der Waals surface area (Å²) in [5.74, 6) is 3.12. The van der Waals surface area contributed by atoms with Crippen LogP contribution in [0.1, 0.15) is 11.5 Å². The molecule has 0 aliphatic carbocycles. The Balaban J connectivity index is 1.44. The van der Waals surface area contributed by atoms with E-state index in [1.54, 1.807) is 44.1 Å². The summed E-state index contributed by atoms with van der Waals surface area (Å²) >= 11 is 1.36. The molecule has 0 amide bonds. The second-order valence-electron chi connectivity index (χ2n) is 8.02. The molecule has 0 saturated carbocycles. The van der Waals surface area contributed by atoms with Crippen molar-refractivity contribution in [1.29, 1.82) is 0 Å². The summed E-state index contributed by atoms with van der Waals surface area (Å²) in [6.45, 7) is 0.362. The first kappa shape index (κ1) is 24.4. The number of fused-ring (bicyclic) bond motifs is 1.